The molecular weight excluding hydrogens is 336 g/mol. The Balaban J connectivity index is 1.57. The van der Waals surface area contributed by atoms with Gasteiger partial charge in [-0.25, -0.2) is 4.98 Å². The van der Waals surface area contributed by atoms with E-state index in [1.165, 1.54) is 50.6 Å². The molecule has 4 rings (SSSR count). The average molecular weight is 367 g/mol. The maximum absolute atomic E-state index is 13.1. The summed E-state index contributed by atoms with van der Waals surface area (Å²) in [6, 6.07) is 6.43. The smallest absolute Gasteiger partial charge is 0.257 e. The third kappa shape index (κ3) is 3.60. The van der Waals surface area contributed by atoms with Gasteiger partial charge in [0, 0.05) is 36.7 Å². The summed E-state index contributed by atoms with van der Waals surface area (Å²) in [4.78, 5) is 19.9. The van der Waals surface area contributed by atoms with Crippen LogP contribution in [0.25, 0.3) is 0 Å². The standard InChI is InChI=1S/C22H30N4O/c1-16-15-19(17(2)26(16)18-9-4-3-5-10-18)22(27)24-20-11-8-12-23-21(20)25-13-6-7-14-25/h8,11-12,15,18H,3-7,9-10,13-14H2,1-2H3,(H,24,27). The molecule has 1 N–H and O–H groups in total. The van der Waals surface area contributed by atoms with Crippen molar-refractivity contribution in [2.24, 2.45) is 0 Å². The Bertz CT molecular complexity index is 814. The first-order valence-electron chi connectivity index (χ1n) is 10.3. The highest BCUT2D eigenvalue weighted by Crippen LogP contribution is 2.33. The Morgan fingerprint density at radius 1 is 1.11 bits per heavy atom. The number of amides is 1. The third-order valence-electron chi connectivity index (χ3n) is 6.11. The van der Waals surface area contributed by atoms with Crippen molar-refractivity contribution in [1.82, 2.24) is 9.55 Å². The number of carbonyl (C=O) groups is 1. The highest BCUT2D eigenvalue weighted by atomic mass is 16.1. The molecule has 1 saturated carbocycles. The molecule has 0 spiro atoms. The number of rotatable bonds is 4. The van der Waals surface area contributed by atoms with Gasteiger partial charge in [0.1, 0.15) is 0 Å². The normalized spacial score (nSPS) is 18.1. The quantitative estimate of drug-likeness (QED) is 0.841. The van der Waals surface area contributed by atoms with Crippen molar-refractivity contribution in [2.45, 2.75) is 64.8 Å². The number of pyridine rings is 1. The predicted molar refractivity (Wildman–Crippen MR) is 110 cm³/mol. The molecule has 1 saturated heterocycles. The van der Waals surface area contributed by atoms with E-state index in [2.05, 4.69) is 33.6 Å². The monoisotopic (exact) mass is 366 g/mol. The van der Waals surface area contributed by atoms with Gasteiger partial charge in [-0.15, -0.1) is 0 Å². The van der Waals surface area contributed by atoms with Gasteiger partial charge >= 0.3 is 0 Å². The fraction of sp³-hybridized carbons (Fsp3) is 0.545. The van der Waals surface area contributed by atoms with Gasteiger partial charge in [-0.1, -0.05) is 19.3 Å². The Morgan fingerprint density at radius 2 is 1.85 bits per heavy atom. The molecule has 0 radical (unpaired) electrons. The van der Waals surface area contributed by atoms with Crippen molar-refractivity contribution < 1.29 is 4.79 Å². The number of nitrogens with zero attached hydrogens (tertiary/aromatic N) is 3. The lowest BCUT2D eigenvalue weighted by molar-refractivity contribution is 0.102. The minimum atomic E-state index is -0.0291. The second-order valence-corrected chi connectivity index (χ2v) is 7.97. The molecule has 2 aromatic heterocycles. The lowest BCUT2D eigenvalue weighted by atomic mass is 9.95. The molecule has 2 aromatic rings. The molecule has 1 amide bonds. The highest BCUT2D eigenvalue weighted by molar-refractivity contribution is 6.06. The van der Waals surface area contributed by atoms with Crippen LogP contribution in [0.3, 0.4) is 0 Å². The average Bonchev–Trinajstić information content (AvgIpc) is 3.31. The zero-order valence-corrected chi connectivity index (χ0v) is 16.5. The van der Waals surface area contributed by atoms with E-state index in [0.717, 1.165) is 35.9 Å². The van der Waals surface area contributed by atoms with Crippen molar-refractivity contribution >= 4 is 17.4 Å². The number of nitrogens with one attached hydrogen (secondary N) is 1. The van der Waals surface area contributed by atoms with Gasteiger partial charge in [-0.05, 0) is 57.7 Å². The summed E-state index contributed by atoms with van der Waals surface area (Å²) < 4.78 is 2.39. The van der Waals surface area contributed by atoms with Crippen LogP contribution in [-0.4, -0.2) is 28.5 Å². The summed E-state index contributed by atoms with van der Waals surface area (Å²) in [6.45, 7) is 6.23. The van der Waals surface area contributed by atoms with E-state index >= 15 is 0 Å². The summed E-state index contributed by atoms with van der Waals surface area (Å²) in [6.07, 6.45) is 10.5. The largest absolute Gasteiger partial charge is 0.355 e. The molecule has 5 heteroatoms. The van der Waals surface area contributed by atoms with E-state index in [1.54, 1.807) is 6.20 Å². The van der Waals surface area contributed by atoms with Gasteiger partial charge in [0.25, 0.3) is 5.91 Å². The molecule has 5 nitrogen and oxygen atoms in total. The molecule has 3 heterocycles. The minimum Gasteiger partial charge on any atom is -0.355 e. The van der Waals surface area contributed by atoms with Crippen LogP contribution in [0.15, 0.2) is 24.4 Å². The fourth-order valence-electron chi connectivity index (χ4n) is 4.77. The van der Waals surface area contributed by atoms with Crippen LogP contribution in [0, 0.1) is 13.8 Å². The van der Waals surface area contributed by atoms with Crippen LogP contribution >= 0.6 is 0 Å². The van der Waals surface area contributed by atoms with Crippen molar-refractivity contribution in [3.8, 4) is 0 Å². The first-order valence-corrected chi connectivity index (χ1v) is 10.3. The lowest BCUT2D eigenvalue weighted by Gasteiger charge is -2.26. The molecule has 0 aromatic carbocycles. The van der Waals surface area contributed by atoms with Crippen LogP contribution in [0.5, 0.6) is 0 Å². The number of carbonyl (C=O) groups excluding carboxylic acids is 1. The van der Waals surface area contributed by atoms with E-state index in [4.69, 9.17) is 0 Å². The lowest BCUT2D eigenvalue weighted by Crippen LogP contribution is -2.22. The zero-order chi connectivity index (χ0) is 18.8. The highest BCUT2D eigenvalue weighted by Gasteiger charge is 2.24. The Kier molecular flexibility index (Phi) is 5.19. The molecular formula is C22H30N4O. The van der Waals surface area contributed by atoms with Crippen LogP contribution in [-0.2, 0) is 0 Å². The Morgan fingerprint density at radius 3 is 2.59 bits per heavy atom. The maximum atomic E-state index is 13.1. The molecule has 0 atom stereocenters. The maximum Gasteiger partial charge on any atom is 0.257 e. The van der Waals surface area contributed by atoms with Crippen LogP contribution in [0.2, 0.25) is 0 Å². The van der Waals surface area contributed by atoms with E-state index in [0.29, 0.717) is 6.04 Å². The van der Waals surface area contributed by atoms with Crippen molar-refractivity contribution in [3.05, 3.63) is 41.3 Å². The number of anilines is 2. The van der Waals surface area contributed by atoms with Gasteiger partial charge in [0.15, 0.2) is 5.82 Å². The first-order chi connectivity index (χ1) is 13.1. The summed E-state index contributed by atoms with van der Waals surface area (Å²) in [7, 11) is 0. The van der Waals surface area contributed by atoms with Gasteiger partial charge in [0.2, 0.25) is 0 Å². The van der Waals surface area contributed by atoms with E-state index in [1.807, 2.05) is 18.2 Å². The van der Waals surface area contributed by atoms with Crippen molar-refractivity contribution in [3.63, 3.8) is 0 Å². The third-order valence-corrected chi connectivity index (χ3v) is 6.11. The summed E-state index contributed by atoms with van der Waals surface area (Å²) >= 11 is 0. The molecule has 1 aliphatic carbocycles. The van der Waals surface area contributed by atoms with Gasteiger partial charge in [0.05, 0.1) is 11.3 Å². The van der Waals surface area contributed by atoms with Gasteiger partial charge < -0.3 is 14.8 Å². The van der Waals surface area contributed by atoms with Crippen LogP contribution in [0.4, 0.5) is 11.5 Å². The SMILES string of the molecule is Cc1cc(C(=O)Nc2cccnc2N2CCCC2)c(C)n1C1CCCCC1. The van der Waals surface area contributed by atoms with E-state index in [-0.39, 0.29) is 5.91 Å². The number of hydrogen-bond donors (Lipinski definition) is 1. The predicted octanol–water partition coefficient (Wildman–Crippen LogP) is 4.86. The minimum absolute atomic E-state index is 0.0291. The zero-order valence-electron chi connectivity index (χ0n) is 16.5. The molecule has 1 aliphatic heterocycles. The Labute approximate surface area is 161 Å². The van der Waals surface area contributed by atoms with Crippen LogP contribution in [0.1, 0.15) is 72.7 Å². The van der Waals surface area contributed by atoms with Gasteiger partial charge in [-0.3, -0.25) is 4.79 Å². The number of aromatic nitrogens is 2. The first kappa shape index (κ1) is 18.1. The second-order valence-electron chi connectivity index (χ2n) is 7.97. The van der Waals surface area contributed by atoms with Crippen molar-refractivity contribution in [2.75, 3.05) is 23.3 Å². The fourth-order valence-corrected chi connectivity index (χ4v) is 4.77. The molecule has 0 bridgehead atoms. The summed E-state index contributed by atoms with van der Waals surface area (Å²) in [5.74, 6) is 0.864. The Hall–Kier alpha value is -2.30. The summed E-state index contributed by atoms with van der Waals surface area (Å²) in [5, 5.41) is 3.13. The second kappa shape index (κ2) is 7.75. The van der Waals surface area contributed by atoms with Crippen molar-refractivity contribution in [1.29, 1.82) is 0 Å². The molecule has 2 aliphatic rings. The topological polar surface area (TPSA) is 50.2 Å². The van der Waals surface area contributed by atoms with E-state index in [9.17, 15) is 4.79 Å². The summed E-state index contributed by atoms with van der Waals surface area (Å²) in [5.41, 5.74) is 3.88. The number of hydrogen-bond acceptors (Lipinski definition) is 3. The molecule has 0 unspecified atom stereocenters. The molecule has 144 valence electrons. The van der Waals surface area contributed by atoms with E-state index < -0.39 is 0 Å². The number of aryl methyl sites for hydroxylation is 1. The molecule has 2 fully saturated rings. The molecule has 27 heavy (non-hydrogen) atoms. The van der Waals surface area contributed by atoms with Gasteiger partial charge in [-0.2, -0.15) is 0 Å². The van der Waals surface area contributed by atoms with Crippen LogP contribution < -0.4 is 10.2 Å².